The number of rotatable bonds is 1. The molecule has 4 rings (SSSR count). The Morgan fingerprint density at radius 2 is 1.59 bits per heavy atom. The van der Waals surface area contributed by atoms with Gasteiger partial charge in [-0.15, -0.1) is 0 Å². The second-order valence-electron chi connectivity index (χ2n) is 5.65. The number of nitrogens with zero attached hydrogens (tertiary/aromatic N) is 1. The van der Waals surface area contributed by atoms with Gasteiger partial charge in [0, 0.05) is 48.4 Å². The van der Waals surface area contributed by atoms with E-state index in [0.29, 0.717) is 29.8 Å². The molecule has 1 N–H and O–H groups in total. The minimum Gasteiger partial charge on any atom is -0.336 e. The van der Waals surface area contributed by atoms with Crippen molar-refractivity contribution in [2.45, 2.75) is 0 Å². The molecule has 1 fully saturated rings. The number of carbonyl (C=O) groups is 2. The van der Waals surface area contributed by atoms with Crippen molar-refractivity contribution in [3.05, 3.63) is 59.2 Å². The Kier molecular flexibility index (Phi) is 3.05. The van der Waals surface area contributed by atoms with E-state index in [0.717, 1.165) is 24.2 Å². The van der Waals surface area contributed by atoms with E-state index in [1.165, 1.54) is 0 Å². The molecule has 0 aromatic heterocycles. The third kappa shape index (κ3) is 1.88. The number of amides is 1. The van der Waals surface area contributed by atoms with Crippen LogP contribution < -0.4 is 5.32 Å². The summed E-state index contributed by atoms with van der Waals surface area (Å²) in [6, 6.07) is 13.0. The number of benzene rings is 2. The number of carbonyl (C=O) groups excluding carboxylic acids is 2. The zero-order valence-corrected chi connectivity index (χ0v) is 12.1. The summed E-state index contributed by atoms with van der Waals surface area (Å²) in [6.45, 7) is 3.04. The van der Waals surface area contributed by atoms with Crippen molar-refractivity contribution in [3.63, 3.8) is 0 Å². The molecule has 0 bridgehead atoms. The minimum absolute atomic E-state index is 0.0144. The SMILES string of the molecule is O=C1c2ccccc2-c2c1cccc2C(=O)N1CCNCC1. The summed E-state index contributed by atoms with van der Waals surface area (Å²) < 4.78 is 0. The predicted octanol–water partition coefficient (Wildman–Crippen LogP) is 1.94. The topological polar surface area (TPSA) is 49.4 Å². The van der Waals surface area contributed by atoms with Crippen LogP contribution in [0.2, 0.25) is 0 Å². The Morgan fingerprint density at radius 3 is 2.36 bits per heavy atom. The number of nitrogens with one attached hydrogen (secondary N) is 1. The summed E-state index contributed by atoms with van der Waals surface area (Å²) in [5.41, 5.74) is 3.64. The molecule has 2 aromatic rings. The molecule has 4 heteroatoms. The number of fused-ring (bicyclic) bond motifs is 3. The number of piperazine rings is 1. The summed E-state index contributed by atoms with van der Waals surface area (Å²) in [4.78, 5) is 27.2. The first-order chi connectivity index (χ1) is 10.8. The van der Waals surface area contributed by atoms with E-state index in [1.807, 2.05) is 41.3 Å². The van der Waals surface area contributed by atoms with Gasteiger partial charge in [0.2, 0.25) is 0 Å². The van der Waals surface area contributed by atoms with Crippen LogP contribution in [0.25, 0.3) is 11.1 Å². The molecule has 1 heterocycles. The first kappa shape index (κ1) is 13.2. The third-order valence-corrected chi connectivity index (χ3v) is 4.38. The highest BCUT2D eigenvalue weighted by Crippen LogP contribution is 2.39. The maximum absolute atomic E-state index is 12.9. The summed E-state index contributed by atoms with van der Waals surface area (Å²) in [5.74, 6) is 0.0309. The molecular formula is C18H16N2O2. The summed E-state index contributed by atoms with van der Waals surface area (Å²) in [5, 5.41) is 3.25. The van der Waals surface area contributed by atoms with Crippen LogP contribution in [0, 0.1) is 0 Å². The van der Waals surface area contributed by atoms with Gasteiger partial charge in [-0.3, -0.25) is 9.59 Å². The van der Waals surface area contributed by atoms with Gasteiger partial charge >= 0.3 is 0 Å². The van der Waals surface area contributed by atoms with Crippen molar-refractivity contribution in [1.29, 1.82) is 0 Å². The van der Waals surface area contributed by atoms with Crippen LogP contribution in [0.1, 0.15) is 26.3 Å². The lowest BCUT2D eigenvalue weighted by atomic mass is 9.98. The molecular weight excluding hydrogens is 276 g/mol. The molecule has 0 radical (unpaired) electrons. The zero-order valence-electron chi connectivity index (χ0n) is 12.1. The van der Waals surface area contributed by atoms with Crippen LogP contribution in [-0.2, 0) is 0 Å². The van der Waals surface area contributed by atoms with Gasteiger partial charge in [-0.05, 0) is 11.6 Å². The first-order valence-corrected chi connectivity index (χ1v) is 7.54. The van der Waals surface area contributed by atoms with E-state index in [-0.39, 0.29) is 11.7 Å². The molecule has 110 valence electrons. The standard InChI is InChI=1S/C18H16N2O2/c21-17-13-5-2-1-4-12(13)16-14(17)6-3-7-15(16)18(22)20-10-8-19-9-11-20/h1-7,19H,8-11H2. The molecule has 0 spiro atoms. The largest absolute Gasteiger partial charge is 0.336 e. The number of hydrogen-bond acceptors (Lipinski definition) is 3. The molecule has 22 heavy (non-hydrogen) atoms. The fourth-order valence-corrected chi connectivity index (χ4v) is 3.29. The maximum atomic E-state index is 12.9. The van der Waals surface area contributed by atoms with Gasteiger partial charge < -0.3 is 10.2 Å². The Morgan fingerprint density at radius 1 is 0.909 bits per heavy atom. The van der Waals surface area contributed by atoms with E-state index in [2.05, 4.69) is 5.32 Å². The monoisotopic (exact) mass is 292 g/mol. The van der Waals surface area contributed by atoms with E-state index in [4.69, 9.17) is 0 Å². The maximum Gasteiger partial charge on any atom is 0.254 e. The van der Waals surface area contributed by atoms with Crippen LogP contribution in [0.5, 0.6) is 0 Å². The van der Waals surface area contributed by atoms with Crippen molar-refractivity contribution < 1.29 is 9.59 Å². The van der Waals surface area contributed by atoms with Crippen LogP contribution in [0.4, 0.5) is 0 Å². The Bertz CT molecular complexity index is 776. The van der Waals surface area contributed by atoms with Gasteiger partial charge in [0.05, 0.1) is 0 Å². The molecule has 0 saturated carbocycles. The zero-order chi connectivity index (χ0) is 15.1. The second-order valence-corrected chi connectivity index (χ2v) is 5.65. The average Bonchev–Trinajstić information content (AvgIpc) is 2.89. The van der Waals surface area contributed by atoms with Gasteiger partial charge in [-0.1, -0.05) is 36.4 Å². The molecule has 1 amide bonds. The van der Waals surface area contributed by atoms with Crippen molar-refractivity contribution in [3.8, 4) is 11.1 Å². The Balaban J connectivity index is 1.84. The highest BCUT2D eigenvalue weighted by molar-refractivity contribution is 6.24. The van der Waals surface area contributed by atoms with Crippen LogP contribution in [0.3, 0.4) is 0 Å². The Labute approximate surface area is 128 Å². The molecule has 1 saturated heterocycles. The number of ketones is 1. The fraction of sp³-hybridized carbons (Fsp3) is 0.222. The van der Waals surface area contributed by atoms with E-state index in [9.17, 15) is 9.59 Å². The molecule has 2 aromatic carbocycles. The lowest BCUT2D eigenvalue weighted by Crippen LogP contribution is -2.46. The Hall–Kier alpha value is -2.46. The van der Waals surface area contributed by atoms with E-state index in [1.54, 1.807) is 6.07 Å². The lowest BCUT2D eigenvalue weighted by Gasteiger charge is -2.28. The van der Waals surface area contributed by atoms with Gasteiger partial charge in [-0.25, -0.2) is 0 Å². The molecule has 4 nitrogen and oxygen atoms in total. The van der Waals surface area contributed by atoms with Crippen LogP contribution in [0.15, 0.2) is 42.5 Å². The van der Waals surface area contributed by atoms with Crippen molar-refractivity contribution in [2.24, 2.45) is 0 Å². The summed E-state index contributed by atoms with van der Waals surface area (Å²) >= 11 is 0. The van der Waals surface area contributed by atoms with Gasteiger partial charge in [0.1, 0.15) is 0 Å². The van der Waals surface area contributed by atoms with Gasteiger partial charge in [-0.2, -0.15) is 0 Å². The van der Waals surface area contributed by atoms with Crippen LogP contribution >= 0.6 is 0 Å². The van der Waals surface area contributed by atoms with Gasteiger partial charge in [0.15, 0.2) is 5.78 Å². The average molecular weight is 292 g/mol. The minimum atomic E-state index is 0.0144. The summed E-state index contributed by atoms with van der Waals surface area (Å²) in [7, 11) is 0. The molecule has 1 aliphatic carbocycles. The second kappa shape index (κ2) is 5.07. The quantitative estimate of drug-likeness (QED) is 0.746. The normalized spacial score (nSPS) is 16.4. The molecule has 0 unspecified atom stereocenters. The van der Waals surface area contributed by atoms with E-state index >= 15 is 0 Å². The van der Waals surface area contributed by atoms with Crippen molar-refractivity contribution in [1.82, 2.24) is 10.2 Å². The lowest BCUT2D eigenvalue weighted by molar-refractivity contribution is 0.0736. The van der Waals surface area contributed by atoms with E-state index < -0.39 is 0 Å². The molecule has 1 aliphatic heterocycles. The highest BCUT2D eigenvalue weighted by Gasteiger charge is 2.31. The molecule has 2 aliphatic rings. The van der Waals surface area contributed by atoms with Crippen LogP contribution in [-0.4, -0.2) is 42.8 Å². The fourth-order valence-electron chi connectivity index (χ4n) is 3.29. The predicted molar refractivity (Wildman–Crippen MR) is 84.1 cm³/mol. The molecule has 0 atom stereocenters. The van der Waals surface area contributed by atoms with Crippen molar-refractivity contribution >= 4 is 11.7 Å². The third-order valence-electron chi connectivity index (χ3n) is 4.38. The highest BCUT2D eigenvalue weighted by atomic mass is 16.2. The summed E-state index contributed by atoms with van der Waals surface area (Å²) in [6.07, 6.45) is 0. The number of hydrogen-bond donors (Lipinski definition) is 1. The first-order valence-electron chi connectivity index (χ1n) is 7.54. The van der Waals surface area contributed by atoms with Crippen molar-refractivity contribution in [2.75, 3.05) is 26.2 Å². The smallest absolute Gasteiger partial charge is 0.254 e. The van der Waals surface area contributed by atoms with Gasteiger partial charge in [0.25, 0.3) is 5.91 Å².